The number of hydrogen-bond donors (Lipinski definition) is 2. The first kappa shape index (κ1) is 12.9. The number of carbonyl (C=O) groups is 1. The molecule has 0 heterocycles. The Morgan fingerprint density at radius 2 is 2.17 bits per heavy atom. The predicted octanol–water partition coefficient (Wildman–Crippen LogP) is 2.41. The number of carbonyl (C=O) groups excluding carboxylic acids is 1. The van der Waals surface area contributed by atoms with E-state index in [-0.39, 0.29) is 5.91 Å². The van der Waals surface area contributed by atoms with Gasteiger partial charge in [0.1, 0.15) is 0 Å². The number of amides is 1. The van der Waals surface area contributed by atoms with Crippen LogP contribution in [-0.2, 0) is 9.53 Å². The van der Waals surface area contributed by atoms with Crippen molar-refractivity contribution in [3.8, 4) is 0 Å². The highest BCUT2D eigenvalue weighted by atomic mass is 16.5. The fraction of sp³-hybridized carbons (Fsp3) is 0.500. The molecule has 0 aromatic heterocycles. The molecule has 0 spiro atoms. The van der Waals surface area contributed by atoms with E-state index in [1.54, 1.807) is 12.1 Å². The molecule has 2 rings (SSSR count). The summed E-state index contributed by atoms with van der Waals surface area (Å²) in [6.45, 7) is 1.52. The molecule has 1 saturated carbocycles. The molecule has 0 bridgehead atoms. The second kappa shape index (κ2) is 6.40. The van der Waals surface area contributed by atoms with Gasteiger partial charge in [-0.2, -0.15) is 0 Å². The van der Waals surface area contributed by atoms with Crippen LogP contribution in [0.2, 0.25) is 0 Å². The van der Waals surface area contributed by atoms with Crippen molar-refractivity contribution < 1.29 is 9.53 Å². The number of benzene rings is 1. The van der Waals surface area contributed by atoms with Gasteiger partial charge in [0.05, 0.1) is 11.4 Å². The number of anilines is 2. The Morgan fingerprint density at radius 1 is 1.39 bits per heavy atom. The molecule has 0 radical (unpaired) electrons. The highest BCUT2D eigenvalue weighted by Gasteiger charge is 2.20. The molecular weight excluding hydrogens is 228 g/mol. The monoisotopic (exact) mass is 248 g/mol. The molecule has 0 aliphatic heterocycles. The third-order valence-electron chi connectivity index (χ3n) is 2.98. The maximum Gasteiger partial charge on any atom is 0.224 e. The van der Waals surface area contributed by atoms with Crippen LogP contribution in [-0.4, -0.2) is 19.1 Å². The van der Waals surface area contributed by atoms with Gasteiger partial charge in [-0.05, 0) is 37.3 Å². The van der Waals surface area contributed by atoms with Crippen molar-refractivity contribution in [2.24, 2.45) is 5.92 Å². The minimum Gasteiger partial charge on any atom is -0.397 e. The summed E-state index contributed by atoms with van der Waals surface area (Å²) < 4.78 is 5.48. The molecule has 1 aromatic rings. The van der Waals surface area contributed by atoms with Gasteiger partial charge in [-0.15, -0.1) is 0 Å². The van der Waals surface area contributed by atoms with E-state index in [1.807, 2.05) is 12.1 Å². The molecule has 0 unspecified atom stereocenters. The summed E-state index contributed by atoms with van der Waals surface area (Å²) in [5.74, 6) is 0.769. The maximum absolute atomic E-state index is 11.7. The molecule has 1 fully saturated rings. The average molecular weight is 248 g/mol. The van der Waals surface area contributed by atoms with Crippen molar-refractivity contribution in [3.05, 3.63) is 24.3 Å². The Hall–Kier alpha value is -1.55. The van der Waals surface area contributed by atoms with Crippen LogP contribution < -0.4 is 11.1 Å². The molecule has 4 heteroatoms. The average Bonchev–Trinajstić information content (AvgIpc) is 3.16. The van der Waals surface area contributed by atoms with Gasteiger partial charge in [0, 0.05) is 19.6 Å². The van der Waals surface area contributed by atoms with Gasteiger partial charge >= 0.3 is 0 Å². The van der Waals surface area contributed by atoms with Crippen LogP contribution in [0, 0.1) is 5.92 Å². The number of rotatable bonds is 7. The smallest absolute Gasteiger partial charge is 0.224 e. The zero-order valence-corrected chi connectivity index (χ0v) is 10.5. The lowest BCUT2D eigenvalue weighted by molar-refractivity contribution is -0.116. The van der Waals surface area contributed by atoms with E-state index in [4.69, 9.17) is 10.5 Å². The highest BCUT2D eigenvalue weighted by Crippen LogP contribution is 2.28. The molecule has 98 valence electrons. The van der Waals surface area contributed by atoms with E-state index in [9.17, 15) is 4.79 Å². The van der Waals surface area contributed by atoms with E-state index in [0.717, 1.165) is 18.9 Å². The van der Waals surface area contributed by atoms with Crippen LogP contribution in [0.3, 0.4) is 0 Å². The van der Waals surface area contributed by atoms with E-state index in [2.05, 4.69) is 5.32 Å². The highest BCUT2D eigenvalue weighted by molar-refractivity contribution is 5.93. The van der Waals surface area contributed by atoms with Gasteiger partial charge in [-0.25, -0.2) is 0 Å². The fourth-order valence-corrected chi connectivity index (χ4v) is 1.69. The van der Waals surface area contributed by atoms with Crippen molar-refractivity contribution in [3.63, 3.8) is 0 Å². The van der Waals surface area contributed by atoms with Crippen molar-refractivity contribution >= 4 is 17.3 Å². The van der Waals surface area contributed by atoms with Crippen LogP contribution in [0.25, 0.3) is 0 Å². The number of nitrogen functional groups attached to an aromatic ring is 1. The first-order chi connectivity index (χ1) is 8.75. The van der Waals surface area contributed by atoms with Gasteiger partial charge < -0.3 is 15.8 Å². The molecule has 1 aliphatic rings. The summed E-state index contributed by atoms with van der Waals surface area (Å²) in [4.78, 5) is 11.7. The summed E-state index contributed by atoms with van der Waals surface area (Å²) in [6, 6.07) is 7.27. The Labute approximate surface area is 108 Å². The molecule has 1 amide bonds. The topological polar surface area (TPSA) is 64.3 Å². The molecule has 1 aliphatic carbocycles. The first-order valence-corrected chi connectivity index (χ1v) is 6.48. The van der Waals surface area contributed by atoms with Crippen molar-refractivity contribution in [2.45, 2.75) is 25.7 Å². The van der Waals surface area contributed by atoms with Gasteiger partial charge in [0.25, 0.3) is 0 Å². The molecule has 18 heavy (non-hydrogen) atoms. The minimum absolute atomic E-state index is 0.0112. The summed E-state index contributed by atoms with van der Waals surface area (Å²) in [7, 11) is 0. The molecule has 3 N–H and O–H groups in total. The SMILES string of the molecule is Nc1ccccc1NC(=O)CCCOCC1CC1. The van der Waals surface area contributed by atoms with Crippen molar-refractivity contribution in [2.75, 3.05) is 24.3 Å². The van der Waals surface area contributed by atoms with Crippen LogP contribution in [0.4, 0.5) is 11.4 Å². The number of nitrogens with two attached hydrogens (primary N) is 1. The van der Waals surface area contributed by atoms with Gasteiger partial charge in [-0.1, -0.05) is 12.1 Å². The lowest BCUT2D eigenvalue weighted by atomic mass is 10.2. The van der Waals surface area contributed by atoms with Crippen LogP contribution >= 0.6 is 0 Å². The Morgan fingerprint density at radius 3 is 2.89 bits per heavy atom. The lowest BCUT2D eigenvalue weighted by Gasteiger charge is -2.07. The van der Waals surface area contributed by atoms with Crippen LogP contribution in [0.15, 0.2) is 24.3 Å². The summed E-state index contributed by atoms with van der Waals surface area (Å²) >= 11 is 0. The summed E-state index contributed by atoms with van der Waals surface area (Å²) in [6.07, 6.45) is 3.83. The minimum atomic E-state index is -0.0112. The Kier molecular flexibility index (Phi) is 4.59. The Bertz CT molecular complexity index is 403. The maximum atomic E-state index is 11.7. The number of nitrogens with one attached hydrogen (secondary N) is 1. The normalized spacial score (nSPS) is 14.4. The Balaban J connectivity index is 1.60. The van der Waals surface area contributed by atoms with Gasteiger partial charge in [-0.3, -0.25) is 4.79 Å². The second-order valence-electron chi connectivity index (χ2n) is 4.76. The molecular formula is C14H20N2O2. The molecule has 4 nitrogen and oxygen atoms in total. The predicted molar refractivity (Wildman–Crippen MR) is 72.3 cm³/mol. The second-order valence-corrected chi connectivity index (χ2v) is 4.76. The molecule has 0 atom stereocenters. The summed E-state index contributed by atoms with van der Waals surface area (Å²) in [5, 5.41) is 2.80. The van der Waals surface area contributed by atoms with Gasteiger partial charge in [0.15, 0.2) is 0 Å². The zero-order chi connectivity index (χ0) is 12.8. The van der Waals surface area contributed by atoms with E-state index in [0.29, 0.717) is 24.4 Å². The van der Waals surface area contributed by atoms with E-state index >= 15 is 0 Å². The quantitative estimate of drug-likeness (QED) is 0.575. The number of hydrogen-bond acceptors (Lipinski definition) is 3. The van der Waals surface area contributed by atoms with Crippen molar-refractivity contribution in [1.82, 2.24) is 0 Å². The standard InChI is InChI=1S/C14H20N2O2/c15-12-4-1-2-5-13(12)16-14(17)6-3-9-18-10-11-7-8-11/h1-2,4-5,11H,3,6-10,15H2,(H,16,17). The first-order valence-electron chi connectivity index (χ1n) is 6.48. The van der Waals surface area contributed by atoms with E-state index < -0.39 is 0 Å². The molecule has 0 saturated heterocycles. The largest absolute Gasteiger partial charge is 0.397 e. The summed E-state index contributed by atoms with van der Waals surface area (Å²) in [5.41, 5.74) is 7.02. The van der Waals surface area contributed by atoms with Crippen LogP contribution in [0.5, 0.6) is 0 Å². The zero-order valence-electron chi connectivity index (χ0n) is 10.5. The fourth-order valence-electron chi connectivity index (χ4n) is 1.69. The van der Waals surface area contributed by atoms with E-state index in [1.165, 1.54) is 12.8 Å². The number of para-hydroxylation sites is 2. The lowest BCUT2D eigenvalue weighted by Crippen LogP contribution is -2.13. The van der Waals surface area contributed by atoms with Crippen molar-refractivity contribution in [1.29, 1.82) is 0 Å². The third kappa shape index (κ3) is 4.37. The van der Waals surface area contributed by atoms with Gasteiger partial charge in [0.2, 0.25) is 5.91 Å². The van der Waals surface area contributed by atoms with Crippen LogP contribution in [0.1, 0.15) is 25.7 Å². The third-order valence-corrected chi connectivity index (χ3v) is 2.98. The molecule has 1 aromatic carbocycles. The number of ether oxygens (including phenoxy) is 1.